The van der Waals surface area contributed by atoms with Crippen LogP contribution in [0.4, 0.5) is 10.2 Å². The quantitative estimate of drug-likeness (QED) is 0.944. The fraction of sp³-hybridized carbons (Fsp3) is 0.154. The van der Waals surface area contributed by atoms with Crippen molar-refractivity contribution in [3.63, 3.8) is 0 Å². The molecule has 0 atom stereocenters. The van der Waals surface area contributed by atoms with E-state index in [2.05, 4.69) is 20.9 Å². The topological polar surface area (TPSA) is 48.1 Å². The lowest BCUT2D eigenvalue weighted by Gasteiger charge is -2.10. The van der Waals surface area contributed by atoms with Crippen LogP contribution in [-0.4, -0.2) is 4.98 Å². The molecular weight excluding hydrogens is 299 g/mol. The molecule has 0 unspecified atom stereocenters. The number of aryl methyl sites for hydroxylation is 1. The smallest absolute Gasteiger partial charge is 0.166 e. The molecule has 5 heteroatoms. The third-order valence-corrected chi connectivity index (χ3v) is 3.33. The molecule has 94 valence electrons. The zero-order valence-corrected chi connectivity index (χ0v) is 11.4. The molecule has 18 heavy (non-hydrogen) atoms. The van der Waals surface area contributed by atoms with E-state index in [0.29, 0.717) is 16.0 Å². The van der Waals surface area contributed by atoms with Crippen molar-refractivity contribution in [3.8, 4) is 5.75 Å². The van der Waals surface area contributed by atoms with Crippen LogP contribution in [0.2, 0.25) is 0 Å². The third kappa shape index (κ3) is 2.79. The summed E-state index contributed by atoms with van der Waals surface area (Å²) in [7, 11) is 0. The fourth-order valence-electron chi connectivity index (χ4n) is 1.50. The van der Waals surface area contributed by atoms with E-state index in [1.807, 2.05) is 13.0 Å². The molecule has 0 saturated carbocycles. The Morgan fingerprint density at radius 2 is 2.11 bits per heavy atom. The number of nitrogens with zero attached hydrogens (tertiary/aromatic N) is 1. The number of ether oxygens (including phenoxy) is 1. The van der Waals surface area contributed by atoms with Crippen LogP contribution >= 0.6 is 15.9 Å². The molecule has 2 N–H and O–H groups in total. The van der Waals surface area contributed by atoms with Gasteiger partial charge < -0.3 is 10.5 Å². The predicted molar refractivity (Wildman–Crippen MR) is 71.8 cm³/mol. The van der Waals surface area contributed by atoms with Crippen molar-refractivity contribution in [3.05, 3.63) is 51.9 Å². The monoisotopic (exact) mass is 310 g/mol. The maximum atomic E-state index is 13.3. The largest absolute Gasteiger partial charge is 0.485 e. The Balaban J connectivity index is 2.14. The summed E-state index contributed by atoms with van der Waals surface area (Å²) in [6, 6.07) is 8.37. The number of hydrogen-bond donors (Lipinski definition) is 1. The van der Waals surface area contributed by atoms with Gasteiger partial charge in [0.25, 0.3) is 0 Å². The van der Waals surface area contributed by atoms with Crippen LogP contribution in [0, 0.1) is 12.7 Å². The first-order valence-corrected chi connectivity index (χ1v) is 6.16. The number of nitrogens with two attached hydrogens (primary N) is 1. The van der Waals surface area contributed by atoms with E-state index < -0.39 is 0 Å². The summed E-state index contributed by atoms with van der Waals surface area (Å²) in [5.74, 6) is 0.519. The van der Waals surface area contributed by atoms with Crippen molar-refractivity contribution in [1.82, 2.24) is 4.98 Å². The summed E-state index contributed by atoms with van der Waals surface area (Å²) in [5, 5.41) is 0. The van der Waals surface area contributed by atoms with Crippen LogP contribution in [-0.2, 0) is 6.61 Å². The molecule has 3 nitrogen and oxygen atoms in total. The number of anilines is 1. The third-order valence-electron chi connectivity index (χ3n) is 2.44. The number of pyridine rings is 1. The van der Waals surface area contributed by atoms with Crippen LogP contribution in [0.5, 0.6) is 5.75 Å². The lowest BCUT2D eigenvalue weighted by atomic mass is 10.2. The fourth-order valence-corrected chi connectivity index (χ4v) is 1.88. The number of halogens is 2. The molecule has 0 radical (unpaired) electrons. The average Bonchev–Trinajstić information content (AvgIpc) is 2.33. The molecule has 0 amide bonds. The maximum absolute atomic E-state index is 13.3. The van der Waals surface area contributed by atoms with Crippen molar-refractivity contribution in [2.75, 3.05) is 5.73 Å². The molecular formula is C13H12BrFN2O. The highest BCUT2D eigenvalue weighted by atomic mass is 79.9. The zero-order valence-electron chi connectivity index (χ0n) is 9.78. The van der Waals surface area contributed by atoms with Gasteiger partial charge in [-0.05, 0) is 41.1 Å². The standard InChI is InChI=1S/C13H12BrFN2O/c1-8-5-6-11(13(16)17-8)18-7-9-3-2-4-10(15)12(9)14/h2-6H,7H2,1H3,(H2,16,17). The van der Waals surface area contributed by atoms with Gasteiger partial charge >= 0.3 is 0 Å². The van der Waals surface area contributed by atoms with Crippen molar-refractivity contribution in [2.24, 2.45) is 0 Å². The first-order chi connectivity index (χ1) is 8.58. The van der Waals surface area contributed by atoms with E-state index in [9.17, 15) is 4.39 Å². The minimum Gasteiger partial charge on any atom is -0.485 e. The molecule has 1 heterocycles. The van der Waals surface area contributed by atoms with Crippen molar-refractivity contribution in [1.29, 1.82) is 0 Å². The SMILES string of the molecule is Cc1ccc(OCc2cccc(F)c2Br)c(N)n1. The average molecular weight is 311 g/mol. The molecule has 0 aliphatic heterocycles. The lowest BCUT2D eigenvalue weighted by molar-refractivity contribution is 0.305. The molecule has 0 aliphatic carbocycles. The molecule has 2 rings (SSSR count). The van der Waals surface area contributed by atoms with Crippen molar-refractivity contribution < 1.29 is 9.13 Å². The molecule has 0 aliphatic rings. The highest BCUT2D eigenvalue weighted by Gasteiger charge is 2.07. The van der Waals surface area contributed by atoms with Gasteiger partial charge in [0.05, 0.1) is 4.47 Å². The second kappa shape index (κ2) is 5.35. The van der Waals surface area contributed by atoms with Crippen LogP contribution in [0.25, 0.3) is 0 Å². The van der Waals surface area contributed by atoms with E-state index in [-0.39, 0.29) is 12.4 Å². The molecule has 1 aromatic heterocycles. The zero-order chi connectivity index (χ0) is 13.1. The minimum absolute atomic E-state index is 0.229. The summed E-state index contributed by atoms with van der Waals surface area (Å²) >= 11 is 3.18. The van der Waals surface area contributed by atoms with Gasteiger partial charge in [-0.25, -0.2) is 9.37 Å². The summed E-state index contributed by atoms with van der Waals surface area (Å²) in [4.78, 5) is 4.09. The van der Waals surface area contributed by atoms with Gasteiger partial charge in [-0.3, -0.25) is 0 Å². The molecule has 0 spiro atoms. The van der Waals surface area contributed by atoms with Gasteiger partial charge in [0.15, 0.2) is 11.6 Å². The van der Waals surface area contributed by atoms with Gasteiger partial charge in [0.2, 0.25) is 0 Å². The number of benzene rings is 1. The normalized spacial score (nSPS) is 10.4. The minimum atomic E-state index is -0.314. The van der Waals surface area contributed by atoms with E-state index in [1.165, 1.54) is 6.07 Å². The van der Waals surface area contributed by atoms with Gasteiger partial charge in [-0.1, -0.05) is 12.1 Å². The lowest BCUT2D eigenvalue weighted by Crippen LogP contribution is -2.02. The molecule has 0 bridgehead atoms. The molecule has 2 aromatic rings. The van der Waals surface area contributed by atoms with Gasteiger partial charge in [-0.2, -0.15) is 0 Å². The van der Waals surface area contributed by atoms with Gasteiger partial charge in [0.1, 0.15) is 12.4 Å². The van der Waals surface area contributed by atoms with Crippen molar-refractivity contribution >= 4 is 21.7 Å². The first-order valence-electron chi connectivity index (χ1n) is 5.36. The predicted octanol–water partition coefficient (Wildman–Crippen LogP) is 3.45. The number of nitrogen functional groups attached to an aromatic ring is 1. The Hall–Kier alpha value is -1.62. The Morgan fingerprint density at radius 1 is 1.33 bits per heavy atom. The highest BCUT2D eigenvalue weighted by molar-refractivity contribution is 9.10. The van der Waals surface area contributed by atoms with Gasteiger partial charge in [0, 0.05) is 11.3 Å². The Morgan fingerprint density at radius 3 is 2.83 bits per heavy atom. The van der Waals surface area contributed by atoms with E-state index in [1.54, 1.807) is 18.2 Å². The number of aromatic nitrogens is 1. The highest BCUT2D eigenvalue weighted by Crippen LogP contribution is 2.24. The summed E-state index contributed by atoms with van der Waals surface area (Å²) < 4.78 is 19.2. The summed E-state index contributed by atoms with van der Waals surface area (Å²) in [5.41, 5.74) is 7.27. The van der Waals surface area contributed by atoms with Crippen molar-refractivity contribution in [2.45, 2.75) is 13.5 Å². The number of rotatable bonds is 3. The van der Waals surface area contributed by atoms with Crippen LogP contribution in [0.15, 0.2) is 34.8 Å². The van der Waals surface area contributed by atoms with E-state index in [0.717, 1.165) is 11.3 Å². The van der Waals surface area contributed by atoms with E-state index in [4.69, 9.17) is 10.5 Å². The summed E-state index contributed by atoms with van der Waals surface area (Å²) in [6.07, 6.45) is 0. The molecule has 0 saturated heterocycles. The Bertz CT molecular complexity index is 575. The second-order valence-electron chi connectivity index (χ2n) is 3.84. The molecule has 1 aromatic carbocycles. The Kier molecular flexibility index (Phi) is 3.81. The van der Waals surface area contributed by atoms with Crippen LogP contribution < -0.4 is 10.5 Å². The van der Waals surface area contributed by atoms with Crippen LogP contribution in [0.3, 0.4) is 0 Å². The maximum Gasteiger partial charge on any atom is 0.166 e. The van der Waals surface area contributed by atoms with Gasteiger partial charge in [-0.15, -0.1) is 0 Å². The number of hydrogen-bond acceptors (Lipinski definition) is 3. The molecule has 0 fully saturated rings. The Labute approximate surface area is 113 Å². The summed E-state index contributed by atoms with van der Waals surface area (Å²) in [6.45, 7) is 2.08. The van der Waals surface area contributed by atoms with E-state index >= 15 is 0 Å². The first kappa shape index (κ1) is 12.8. The van der Waals surface area contributed by atoms with Crippen LogP contribution in [0.1, 0.15) is 11.3 Å². The second-order valence-corrected chi connectivity index (χ2v) is 4.63.